The maximum Gasteiger partial charge on any atom is 0.262 e. The molecule has 0 amide bonds. The summed E-state index contributed by atoms with van der Waals surface area (Å²) < 4.78 is 39.5. The second kappa shape index (κ2) is 8.14. The Morgan fingerprint density at radius 2 is 1.59 bits per heavy atom. The molecule has 3 rings (SSSR count). The van der Waals surface area contributed by atoms with Gasteiger partial charge in [0, 0.05) is 0 Å². The number of hydrogen-bond donors (Lipinski definition) is 1. The van der Waals surface area contributed by atoms with Crippen molar-refractivity contribution < 1.29 is 17.9 Å². The second-order valence-electron chi connectivity index (χ2n) is 5.88. The maximum atomic E-state index is 12.8. The number of nitrogens with one attached hydrogen (secondary N) is 1. The molecule has 6 heteroatoms. The van der Waals surface area contributed by atoms with Gasteiger partial charge in [0.2, 0.25) is 0 Å². The number of para-hydroxylation sites is 3. The Kier molecular flexibility index (Phi) is 5.66. The average molecular weight is 383 g/mol. The van der Waals surface area contributed by atoms with E-state index in [2.05, 4.69) is 4.72 Å². The van der Waals surface area contributed by atoms with E-state index in [1.54, 1.807) is 48.5 Å². The van der Waals surface area contributed by atoms with Gasteiger partial charge in [0.1, 0.15) is 11.5 Å². The van der Waals surface area contributed by atoms with Gasteiger partial charge in [-0.25, -0.2) is 8.42 Å². The predicted octanol–water partition coefficient (Wildman–Crippen LogP) is 4.99. The molecule has 1 N–H and O–H groups in total. The van der Waals surface area contributed by atoms with Crippen molar-refractivity contribution in [3.05, 3.63) is 78.4 Å². The number of aryl methyl sites for hydroxylation is 1. The zero-order valence-corrected chi connectivity index (χ0v) is 16.0. The summed E-state index contributed by atoms with van der Waals surface area (Å²) in [6.45, 7) is 4.22. The summed E-state index contributed by atoms with van der Waals surface area (Å²) in [6.07, 6.45) is 0. The van der Waals surface area contributed by atoms with Crippen molar-refractivity contribution >= 4 is 15.7 Å². The molecular formula is C21H21NO4S. The molecule has 0 atom stereocenters. The van der Waals surface area contributed by atoms with Gasteiger partial charge < -0.3 is 9.47 Å². The average Bonchev–Trinajstić information content (AvgIpc) is 2.66. The number of rotatable bonds is 7. The van der Waals surface area contributed by atoms with Crippen molar-refractivity contribution in [1.82, 2.24) is 0 Å². The molecule has 0 aromatic heterocycles. The molecule has 0 saturated heterocycles. The van der Waals surface area contributed by atoms with Crippen molar-refractivity contribution in [1.29, 1.82) is 0 Å². The zero-order chi connectivity index (χ0) is 19.3. The highest BCUT2D eigenvalue weighted by Gasteiger charge is 2.18. The first-order valence-electron chi connectivity index (χ1n) is 8.58. The molecule has 140 valence electrons. The van der Waals surface area contributed by atoms with Gasteiger partial charge in [0.05, 0.1) is 17.2 Å². The van der Waals surface area contributed by atoms with Crippen LogP contribution in [0.2, 0.25) is 0 Å². The fraction of sp³-hybridized carbons (Fsp3) is 0.143. The van der Waals surface area contributed by atoms with Gasteiger partial charge in [-0.2, -0.15) is 0 Å². The van der Waals surface area contributed by atoms with Gasteiger partial charge in [-0.3, -0.25) is 4.72 Å². The van der Waals surface area contributed by atoms with E-state index in [0.29, 0.717) is 29.5 Å². The first-order valence-corrected chi connectivity index (χ1v) is 10.1. The normalized spacial score (nSPS) is 11.0. The SMILES string of the molecule is CCOc1ccc(S(=O)(=O)Nc2ccccc2Oc2ccccc2)cc1C. The summed E-state index contributed by atoms with van der Waals surface area (Å²) in [7, 11) is -3.77. The Balaban J connectivity index is 1.87. The Hall–Kier alpha value is -2.99. The van der Waals surface area contributed by atoms with Crippen LogP contribution >= 0.6 is 0 Å². The monoisotopic (exact) mass is 383 g/mol. The summed E-state index contributed by atoms with van der Waals surface area (Å²) in [4.78, 5) is 0.165. The van der Waals surface area contributed by atoms with Crippen LogP contribution in [0.1, 0.15) is 12.5 Å². The van der Waals surface area contributed by atoms with E-state index in [1.165, 1.54) is 6.07 Å². The van der Waals surface area contributed by atoms with Crippen LogP contribution in [0.4, 0.5) is 5.69 Å². The molecule has 0 radical (unpaired) electrons. The van der Waals surface area contributed by atoms with E-state index in [-0.39, 0.29) is 4.90 Å². The smallest absolute Gasteiger partial charge is 0.262 e. The summed E-state index contributed by atoms with van der Waals surface area (Å²) in [6, 6.07) is 20.9. The lowest BCUT2D eigenvalue weighted by atomic mass is 10.2. The van der Waals surface area contributed by atoms with Gasteiger partial charge >= 0.3 is 0 Å². The second-order valence-corrected chi connectivity index (χ2v) is 7.56. The van der Waals surface area contributed by atoms with Gasteiger partial charge in [-0.15, -0.1) is 0 Å². The van der Waals surface area contributed by atoms with E-state index >= 15 is 0 Å². The minimum absolute atomic E-state index is 0.165. The van der Waals surface area contributed by atoms with Gasteiger partial charge in [-0.1, -0.05) is 30.3 Å². The fourth-order valence-electron chi connectivity index (χ4n) is 2.57. The Morgan fingerprint density at radius 3 is 2.30 bits per heavy atom. The number of hydrogen-bond acceptors (Lipinski definition) is 4. The van der Waals surface area contributed by atoms with Crippen LogP contribution in [0.3, 0.4) is 0 Å². The van der Waals surface area contributed by atoms with Crippen LogP contribution in [-0.2, 0) is 10.0 Å². The topological polar surface area (TPSA) is 64.6 Å². The molecule has 0 aliphatic heterocycles. The minimum atomic E-state index is -3.77. The molecular weight excluding hydrogens is 362 g/mol. The Labute approximate surface area is 159 Å². The van der Waals surface area contributed by atoms with Crippen LogP contribution < -0.4 is 14.2 Å². The van der Waals surface area contributed by atoms with Gasteiger partial charge in [0.15, 0.2) is 5.75 Å². The van der Waals surface area contributed by atoms with Crippen molar-refractivity contribution in [2.24, 2.45) is 0 Å². The Bertz CT molecular complexity index is 1020. The predicted molar refractivity (Wildman–Crippen MR) is 106 cm³/mol. The highest BCUT2D eigenvalue weighted by molar-refractivity contribution is 7.92. The quantitative estimate of drug-likeness (QED) is 0.624. The third-order valence-electron chi connectivity index (χ3n) is 3.86. The minimum Gasteiger partial charge on any atom is -0.494 e. The molecule has 0 heterocycles. The molecule has 5 nitrogen and oxygen atoms in total. The third-order valence-corrected chi connectivity index (χ3v) is 5.22. The number of anilines is 1. The lowest BCUT2D eigenvalue weighted by molar-refractivity contribution is 0.337. The summed E-state index contributed by atoms with van der Waals surface area (Å²) in [5.74, 6) is 1.72. The summed E-state index contributed by atoms with van der Waals surface area (Å²) in [5.41, 5.74) is 1.13. The molecule has 0 bridgehead atoms. The van der Waals surface area contributed by atoms with E-state index in [0.717, 1.165) is 5.56 Å². The molecule has 3 aromatic rings. The Morgan fingerprint density at radius 1 is 0.889 bits per heavy atom. The lowest BCUT2D eigenvalue weighted by Crippen LogP contribution is -2.14. The third kappa shape index (κ3) is 4.60. The van der Waals surface area contributed by atoms with E-state index in [4.69, 9.17) is 9.47 Å². The summed E-state index contributed by atoms with van der Waals surface area (Å²) in [5, 5.41) is 0. The fourth-order valence-corrected chi connectivity index (χ4v) is 3.72. The van der Waals surface area contributed by atoms with Crippen molar-refractivity contribution in [2.75, 3.05) is 11.3 Å². The van der Waals surface area contributed by atoms with E-state index in [9.17, 15) is 8.42 Å². The zero-order valence-electron chi connectivity index (χ0n) is 15.2. The highest BCUT2D eigenvalue weighted by Crippen LogP contribution is 2.31. The van der Waals surface area contributed by atoms with Gasteiger partial charge in [-0.05, 0) is 61.9 Å². The molecule has 27 heavy (non-hydrogen) atoms. The largest absolute Gasteiger partial charge is 0.494 e. The highest BCUT2D eigenvalue weighted by atomic mass is 32.2. The molecule has 0 saturated carbocycles. The molecule has 0 spiro atoms. The summed E-state index contributed by atoms with van der Waals surface area (Å²) >= 11 is 0. The van der Waals surface area contributed by atoms with Crippen LogP contribution in [0.15, 0.2) is 77.7 Å². The van der Waals surface area contributed by atoms with E-state index in [1.807, 2.05) is 32.0 Å². The molecule has 0 aliphatic rings. The lowest BCUT2D eigenvalue weighted by Gasteiger charge is -2.14. The van der Waals surface area contributed by atoms with Crippen LogP contribution in [-0.4, -0.2) is 15.0 Å². The van der Waals surface area contributed by atoms with Crippen molar-refractivity contribution in [2.45, 2.75) is 18.7 Å². The molecule has 0 unspecified atom stereocenters. The number of benzene rings is 3. The molecule has 0 fully saturated rings. The van der Waals surface area contributed by atoms with E-state index < -0.39 is 10.0 Å². The number of ether oxygens (including phenoxy) is 2. The van der Waals surface area contributed by atoms with Gasteiger partial charge in [0.25, 0.3) is 10.0 Å². The van der Waals surface area contributed by atoms with Crippen LogP contribution in [0, 0.1) is 6.92 Å². The van der Waals surface area contributed by atoms with Crippen LogP contribution in [0.5, 0.6) is 17.2 Å². The maximum absolute atomic E-state index is 12.8. The van der Waals surface area contributed by atoms with Crippen molar-refractivity contribution in [3.8, 4) is 17.2 Å². The molecule has 3 aromatic carbocycles. The number of sulfonamides is 1. The standard InChI is InChI=1S/C21H21NO4S/c1-3-25-20-14-13-18(15-16(20)2)27(23,24)22-19-11-7-8-12-21(19)26-17-9-5-4-6-10-17/h4-15,22H,3H2,1-2H3. The molecule has 0 aliphatic carbocycles. The van der Waals surface area contributed by atoms with Crippen molar-refractivity contribution in [3.63, 3.8) is 0 Å². The van der Waals surface area contributed by atoms with Crippen LogP contribution in [0.25, 0.3) is 0 Å². The first kappa shape index (κ1) is 18.8. The first-order chi connectivity index (χ1) is 13.0.